The molecule has 0 spiro atoms. The van der Waals surface area contributed by atoms with Crippen LogP contribution in [0.15, 0.2) is 0 Å². The van der Waals surface area contributed by atoms with Crippen LogP contribution < -0.4 is 10.6 Å². The third-order valence-electron chi connectivity index (χ3n) is 5.21. The van der Waals surface area contributed by atoms with Gasteiger partial charge in [0.25, 0.3) is 0 Å². The van der Waals surface area contributed by atoms with Crippen LogP contribution in [0.3, 0.4) is 0 Å². The molecule has 1 heterocycles. The molecule has 2 N–H and O–H groups in total. The van der Waals surface area contributed by atoms with Gasteiger partial charge in [0.05, 0.1) is 6.10 Å². The minimum absolute atomic E-state index is 0.279. The van der Waals surface area contributed by atoms with Crippen LogP contribution in [0.5, 0.6) is 0 Å². The van der Waals surface area contributed by atoms with Crippen LogP contribution >= 0.6 is 0 Å². The summed E-state index contributed by atoms with van der Waals surface area (Å²) in [6.45, 7) is 9.23. The van der Waals surface area contributed by atoms with Crippen molar-refractivity contribution in [1.29, 1.82) is 0 Å². The van der Waals surface area contributed by atoms with Gasteiger partial charge < -0.3 is 15.4 Å². The Bertz CT molecular complexity index is 272. The second-order valence-corrected chi connectivity index (χ2v) is 6.78. The van der Waals surface area contributed by atoms with Crippen LogP contribution in [-0.4, -0.2) is 37.9 Å². The number of ether oxygens (including phenoxy) is 1. The molecule has 0 aromatic carbocycles. The summed E-state index contributed by atoms with van der Waals surface area (Å²) < 4.78 is 5.52. The van der Waals surface area contributed by atoms with Crippen molar-refractivity contribution in [3.8, 4) is 0 Å². The van der Waals surface area contributed by atoms with Gasteiger partial charge in [0.1, 0.15) is 0 Å². The van der Waals surface area contributed by atoms with Gasteiger partial charge in [-0.1, -0.05) is 27.2 Å². The van der Waals surface area contributed by atoms with Crippen LogP contribution in [0, 0.1) is 5.41 Å². The first-order valence-corrected chi connectivity index (χ1v) is 7.55. The zero-order valence-electron chi connectivity index (χ0n) is 12.5. The van der Waals surface area contributed by atoms with E-state index < -0.39 is 0 Å². The predicted octanol–water partition coefficient (Wildman–Crippen LogP) is 2.31. The lowest BCUT2D eigenvalue weighted by atomic mass is 9.64. The van der Waals surface area contributed by atoms with Crippen molar-refractivity contribution in [3.05, 3.63) is 0 Å². The predicted molar refractivity (Wildman–Crippen MR) is 75.9 cm³/mol. The Balaban J connectivity index is 1.84. The Morgan fingerprint density at radius 1 is 1.39 bits per heavy atom. The zero-order valence-corrected chi connectivity index (χ0v) is 12.5. The van der Waals surface area contributed by atoms with E-state index >= 15 is 0 Å². The maximum atomic E-state index is 5.52. The molecule has 0 bridgehead atoms. The molecule has 3 nitrogen and oxygen atoms in total. The summed E-state index contributed by atoms with van der Waals surface area (Å²) in [4.78, 5) is 0. The molecular weight excluding hydrogens is 224 g/mol. The van der Waals surface area contributed by atoms with Crippen molar-refractivity contribution >= 4 is 0 Å². The van der Waals surface area contributed by atoms with Gasteiger partial charge >= 0.3 is 0 Å². The standard InChI is InChI=1S/C15H30N2O/c1-5-7-15(8-6-9-17-15)11-16-12-10-13(18-4)14(12,2)3/h12-13,16-17H,5-11H2,1-4H3. The Morgan fingerprint density at radius 3 is 2.67 bits per heavy atom. The molecule has 0 aromatic rings. The number of methoxy groups -OCH3 is 1. The highest BCUT2D eigenvalue weighted by atomic mass is 16.5. The van der Waals surface area contributed by atoms with Crippen molar-refractivity contribution in [2.24, 2.45) is 5.41 Å². The van der Waals surface area contributed by atoms with E-state index in [-0.39, 0.29) is 5.41 Å². The third-order valence-corrected chi connectivity index (χ3v) is 5.21. The maximum Gasteiger partial charge on any atom is 0.0652 e. The summed E-state index contributed by atoms with van der Waals surface area (Å²) in [5, 5.41) is 7.53. The van der Waals surface area contributed by atoms with Crippen molar-refractivity contribution in [1.82, 2.24) is 10.6 Å². The molecule has 2 fully saturated rings. The highest BCUT2D eigenvalue weighted by molar-refractivity contribution is 5.05. The van der Waals surface area contributed by atoms with Crippen molar-refractivity contribution in [2.45, 2.75) is 70.6 Å². The fourth-order valence-electron chi connectivity index (χ4n) is 3.75. The van der Waals surface area contributed by atoms with Gasteiger partial charge in [-0.2, -0.15) is 0 Å². The molecule has 3 heteroatoms. The summed E-state index contributed by atoms with van der Waals surface area (Å²) in [6, 6.07) is 0.610. The van der Waals surface area contributed by atoms with Crippen LogP contribution in [0.2, 0.25) is 0 Å². The van der Waals surface area contributed by atoms with E-state index in [9.17, 15) is 0 Å². The normalized spacial score (nSPS) is 38.7. The molecule has 1 aliphatic heterocycles. The second kappa shape index (κ2) is 5.48. The molecule has 106 valence electrons. The molecule has 2 aliphatic rings. The Labute approximate surface area is 112 Å². The van der Waals surface area contributed by atoms with Gasteiger partial charge in [-0.3, -0.25) is 0 Å². The van der Waals surface area contributed by atoms with E-state index in [0.717, 1.165) is 13.0 Å². The second-order valence-electron chi connectivity index (χ2n) is 6.78. The topological polar surface area (TPSA) is 33.3 Å². The highest BCUT2D eigenvalue weighted by Gasteiger charge is 2.49. The molecular formula is C15H30N2O. The smallest absolute Gasteiger partial charge is 0.0652 e. The lowest BCUT2D eigenvalue weighted by Gasteiger charge is -2.52. The van der Waals surface area contributed by atoms with Gasteiger partial charge in [0, 0.05) is 30.7 Å². The first kappa shape index (κ1) is 14.3. The van der Waals surface area contributed by atoms with E-state index in [1.807, 2.05) is 7.11 Å². The van der Waals surface area contributed by atoms with Crippen molar-refractivity contribution in [2.75, 3.05) is 20.2 Å². The molecule has 1 saturated heterocycles. The molecule has 3 unspecified atom stereocenters. The molecule has 0 radical (unpaired) electrons. The lowest BCUT2D eigenvalue weighted by Crippen LogP contribution is -2.63. The molecule has 1 aliphatic carbocycles. The lowest BCUT2D eigenvalue weighted by molar-refractivity contribution is -0.0986. The molecule has 1 saturated carbocycles. The number of hydrogen-bond acceptors (Lipinski definition) is 3. The van der Waals surface area contributed by atoms with E-state index in [2.05, 4.69) is 31.4 Å². The Hall–Kier alpha value is -0.120. The average molecular weight is 254 g/mol. The van der Waals surface area contributed by atoms with E-state index in [4.69, 9.17) is 4.74 Å². The van der Waals surface area contributed by atoms with Crippen molar-refractivity contribution in [3.63, 3.8) is 0 Å². The largest absolute Gasteiger partial charge is 0.381 e. The molecule has 0 aromatic heterocycles. The fraction of sp³-hybridized carbons (Fsp3) is 1.00. The number of nitrogens with one attached hydrogen (secondary N) is 2. The molecule has 18 heavy (non-hydrogen) atoms. The summed E-state index contributed by atoms with van der Waals surface area (Å²) in [6.07, 6.45) is 6.80. The van der Waals surface area contributed by atoms with Gasteiger partial charge in [0.2, 0.25) is 0 Å². The van der Waals surface area contributed by atoms with Gasteiger partial charge in [0.15, 0.2) is 0 Å². The van der Waals surface area contributed by atoms with Crippen molar-refractivity contribution < 1.29 is 4.74 Å². The van der Waals surface area contributed by atoms with E-state index in [0.29, 0.717) is 17.7 Å². The van der Waals surface area contributed by atoms with Crippen LogP contribution in [0.25, 0.3) is 0 Å². The minimum atomic E-state index is 0.279. The Morgan fingerprint density at radius 2 is 2.17 bits per heavy atom. The summed E-state index contributed by atoms with van der Waals surface area (Å²) in [5.74, 6) is 0. The first-order valence-electron chi connectivity index (χ1n) is 7.55. The SMILES string of the molecule is CCCC1(CNC2CC(OC)C2(C)C)CCCN1. The maximum absolute atomic E-state index is 5.52. The Kier molecular flexibility index (Phi) is 4.35. The summed E-state index contributed by atoms with van der Waals surface area (Å²) in [5.41, 5.74) is 0.643. The molecule has 2 rings (SSSR count). The molecule has 3 atom stereocenters. The summed E-state index contributed by atoms with van der Waals surface area (Å²) >= 11 is 0. The average Bonchev–Trinajstić information content (AvgIpc) is 2.77. The quantitative estimate of drug-likeness (QED) is 0.763. The zero-order chi connectivity index (χ0) is 13.2. The van der Waals surface area contributed by atoms with Crippen LogP contribution in [0.1, 0.15) is 52.9 Å². The number of rotatable bonds is 6. The van der Waals surface area contributed by atoms with Gasteiger partial charge in [-0.15, -0.1) is 0 Å². The summed E-state index contributed by atoms with van der Waals surface area (Å²) in [7, 11) is 1.83. The molecule has 0 amide bonds. The van der Waals surface area contributed by atoms with Gasteiger partial charge in [-0.05, 0) is 32.2 Å². The monoisotopic (exact) mass is 254 g/mol. The van der Waals surface area contributed by atoms with E-state index in [1.54, 1.807) is 0 Å². The highest BCUT2D eigenvalue weighted by Crippen LogP contribution is 2.42. The first-order chi connectivity index (χ1) is 8.54. The minimum Gasteiger partial charge on any atom is -0.381 e. The fourth-order valence-corrected chi connectivity index (χ4v) is 3.75. The van der Waals surface area contributed by atoms with E-state index in [1.165, 1.54) is 32.2 Å². The number of hydrogen-bond donors (Lipinski definition) is 2. The van der Waals surface area contributed by atoms with Crippen LogP contribution in [-0.2, 0) is 4.74 Å². The van der Waals surface area contributed by atoms with Crippen LogP contribution in [0.4, 0.5) is 0 Å². The van der Waals surface area contributed by atoms with Gasteiger partial charge in [-0.25, -0.2) is 0 Å². The third kappa shape index (κ3) is 2.59.